The van der Waals surface area contributed by atoms with Crippen molar-refractivity contribution in [3.63, 3.8) is 0 Å². The summed E-state index contributed by atoms with van der Waals surface area (Å²) < 4.78 is 38.5. The molecule has 1 aliphatic heterocycles. The van der Waals surface area contributed by atoms with Gasteiger partial charge in [0.15, 0.2) is 11.5 Å². The molecule has 0 atom stereocenters. The monoisotopic (exact) mass is 401 g/mol. The van der Waals surface area contributed by atoms with E-state index in [2.05, 4.69) is 10.1 Å². The van der Waals surface area contributed by atoms with Crippen LogP contribution in [0.3, 0.4) is 0 Å². The number of rotatable bonds is 5. The lowest BCUT2D eigenvalue weighted by Crippen LogP contribution is -2.27. The highest BCUT2D eigenvalue weighted by Gasteiger charge is 2.16. The van der Waals surface area contributed by atoms with Gasteiger partial charge in [-0.15, -0.1) is 0 Å². The molecule has 0 unspecified atom stereocenters. The Kier molecular flexibility index (Phi) is 4.85. The molecule has 29 heavy (non-hydrogen) atoms. The van der Waals surface area contributed by atoms with Crippen molar-refractivity contribution in [2.24, 2.45) is 5.73 Å². The van der Waals surface area contributed by atoms with Crippen LogP contribution in [0.4, 0.5) is 8.78 Å². The molecule has 0 spiro atoms. The van der Waals surface area contributed by atoms with E-state index in [-0.39, 0.29) is 25.5 Å². The highest BCUT2D eigenvalue weighted by molar-refractivity contribution is 5.68. The summed E-state index contributed by atoms with van der Waals surface area (Å²) in [5, 5.41) is 3.90. The summed E-state index contributed by atoms with van der Waals surface area (Å²) in [6.07, 6.45) is 0.967. The summed E-state index contributed by atoms with van der Waals surface area (Å²) in [4.78, 5) is 16.9. The van der Waals surface area contributed by atoms with Crippen LogP contribution < -0.4 is 20.9 Å². The van der Waals surface area contributed by atoms with Crippen LogP contribution in [-0.2, 0) is 6.54 Å². The van der Waals surface area contributed by atoms with Crippen molar-refractivity contribution in [2.75, 3.05) is 13.3 Å². The molecule has 3 heterocycles. The highest BCUT2D eigenvalue weighted by Crippen LogP contribution is 2.36. The van der Waals surface area contributed by atoms with Gasteiger partial charge in [0.05, 0.1) is 6.54 Å². The predicted molar refractivity (Wildman–Crippen MR) is 100 cm³/mol. The third-order valence-corrected chi connectivity index (χ3v) is 4.57. The second-order valence-electron chi connectivity index (χ2n) is 6.44. The minimum absolute atomic E-state index is 0.190. The van der Waals surface area contributed by atoms with E-state index in [4.69, 9.17) is 15.2 Å². The molecular weight excluding hydrogens is 384 g/mol. The first kappa shape index (κ1) is 18.8. The van der Waals surface area contributed by atoms with Gasteiger partial charge in [-0.1, -0.05) is 6.07 Å². The van der Waals surface area contributed by atoms with Crippen molar-refractivity contribution in [3.8, 4) is 28.4 Å². The van der Waals surface area contributed by atoms with Crippen LogP contribution in [0.1, 0.15) is 5.56 Å². The van der Waals surface area contributed by atoms with Crippen molar-refractivity contribution in [1.29, 1.82) is 0 Å². The van der Waals surface area contributed by atoms with Gasteiger partial charge in [-0.2, -0.15) is 13.9 Å². The molecule has 0 saturated carbocycles. The van der Waals surface area contributed by atoms with E-state index < -0.39 is 11.8 Å². The Morgan fingerprint density at radius 2 is 2.00 bits per heavy atom. The van der Waals surface area contributed by atoms with Crippen molar-refractivity contribution >= 4 is 0 Å². The number of benzene rings is 1. The van der Waals surface area contributed by atoms with Crippen LogP contribution >= 0.6 is 0 Å². The van der Waals surface area contributed by atoms with Crippen molar-refractivity contribution in [1.82, 2.24) is 19.3 Å². The fourth-order valence-electron chi connectivity index (χ4n) is 3.03. The summed E-state index contributed by atoms with van der Waals surface area (Å²) in [6, 6.07) is 7.44. The first-order chi connectivity index (χ1) is 14.0. The Balaban J connectivity index is 1.66. The van der Waals surface area contributed by atoms with E-state index in [1.807, 2.05) is 24.3 Å². The van der Waals surface area contributed by atoms with E-state index >= 15 is 0 Å². The van der Waals surface area contributed by atoms with Gasteiger partial charge >= 0.3 is 5.69 Å². The molecule has 0 amide bonds. The standard InChI is InChI=1S/C19H17F2N5O3/c1-11-4-13(12-2-3-15-16(5-12)29-10-28-15)7-23-18(11)25-9-24-26(19(25)27)8-14(6-22)17(20)21/h2-5,7,9H,6,8,10,22H2,1H3. The maximum absolute atomic E-state index is 12.8. The van der Waals surface area contributed by atoms with Gasteiger partial charge in [0, 0.05) is 23.9 Å². The molecule has 2 aromatic heterocycles. The molecule has 0 aliphatic carbocycles. The van der Waals surface area contributed by atoms with Gasteiger partial charge < -0.3 is 15.2 Å². The second-order valence-corrected chi connectivity index (χ2v) is 6.44. The lowest BCUT2D eigenvalue weighted by atomic mass is 10.1. The van der Waals surface area contributed by atoms with Crippen LogP contribution in [-0.4, -0.2) is 32.7 Å². The number of halogens is 2. The third-order valence-electron chi connectivity index (χ3n) is 4.57. The van der Waals surface area contributed by atoms with Crippen LogP contribution in [0.15, 0.2) is 53.2 Å². The van der Waals surface area contributed by atoms with Gasteiger partial charge in [0.25, 0.3) is 6.08 Å². The van der Waals surface area contributed by atoms with Gasteiger partial charge in [-0.25, -0.2) is 19.0 Å². The fraction of sp³-hybridized carbons (Fsp3) is 0.211. The third kappa shape index (κ3) is 3.49. The normalized spacial score (nSPS) is 12.3. The van der Waals surface area contributed by atoms with E-state index in [0.29, 0.717) is 22.9 Å². The van der Waals surface area contributed by atoms with Gasteiger partial charge in [0.2, 0.25) is 6.79 Å². The van der Waals surface area contributed by atoms with Gasteiger partial charge in [0.1, 0.15) is 12.1 Å². The number of hydrogen-bond acceptors (Lipinski definition) is 6. The number of hydrogen-bond donors (Lipinski definition) is 1. The Bertz CT molecular complexity index is 1160. The first-order valence-electron chi connectivity index (χ1n) is 8.72. The fourth-order valence-corrected chi connectivity index (χ4v) is 3.03. The number of fused-ring (bicyclic) bond motifs is 1. The SMILES string of the molecule is Cc1cc(-c2ccc3c(c2)OCO3)cnc1-n1cnn(CC(CN)=C(F)F)c1=O. The molecule has 1 aliphatic rings. The molecule has 4 rings (SSSR count). The maximum atomic E-state index is 12.8. The summed E-state index contributed by atoms with van der Waals surface area (Å²) in [5.41, 5.74) is 6.81. The molecule has 2 N–H and O–H groups in total. The smallest absolute Gasteiger partial charge is 0.351 e. The predicted octanol–water partition coefficient (Wildman–Crippen LogP) is 2.24. The second kappa shape index (κ2) is 7.47. The van der Waals surface area contributed by atoms with Crippen molar-refractivity contribution in [3.05, 3.63) is 64.5 Å². The van der Waals surface area contributed by atoms with Crippen LogP contribution in [0.2, 0.25) is 0 Å². The Labute approximate surface area is 163 Å². The zero-order valence-corrected chi connectivity index (χ0v) is 15.4. The van der Waals surface area contributed by atoms with E-state index in [9.17, 15) is 13.6 Å². The summed E-state index contributed by atoms with van der Waals surface area (Å²) in [5.74, 6) is 1.71. The first-order valence-corrected chi connectivity index (χ1v) is 8.72. The molecular formula is C19H17F2N5O3. The molecule has 3 aromatic rings. The number of pyridine rings is 1. The van der Waals surface area contributed by atoms with E-state index in [0.717, 1.165) is 15.8 Å². The zero-order chi connectivity index (χ0) is 20.5. The van der Waals surface area contributed by atoms with Crippen molar-refractivity contribution < 1.29 is 18.3 Å². The lowest BCUT2D eigenvalue weighted by Gasteiger charge is -2.08. The quantitative estimate of drug-likeness (QED) is 0.704. The van der Waals surface area contributed by atoms with E-state index in [1.165, 1.54) is 10.9 Å². The largest absolute Gasteiger partial charge is 0.454 e. The summed E-state index contributed by atoms with van der Waals surface area (Å²) in [6.45, 7) is 1.26. The molecule has 0 radical (unpaired) electrons. The van der Waals surface area contributed by atoms with E-state index in [1.54, 1.807) is 13.1 Å². The molecule has 10 heteroatoms. The van der Waals surface area contributed by atoms with Crippen LogP contribution in [0, 0.1) is 6.92 Å². The lowest BCUT2D eigenvalue weighted by molar-refractivity contribution is 0.174. The number of aromatic nitrogens is 4. The Morgan fingerprint density at radius 1 is 1.21 bits per heavy atom. The summed E-state index contributed by atoms with van der Waals surface area (Å²) >= 11 is 0. The summed E-state index contributed by atoms with van der Waals surface area (Å²) in [7, 11) is 0. The average Bonchev–Trinajstić information content (AvgIpc) is 3.32. The van der Waals surface area contributed by atoms with Gasteiger partial charge in [-0.3, -0.25) is 0 Å². The molecule has 1 aromatic carbocycles. The highest BCUT2D eigenvalue weighted by atomic mass is 19.3. The molecule has 0 saturated heterocycles. The minimum Gasteiger partial charge on any atom is -0.454 e. The number of ether oxygens (including phenoxy) is 2. The molecule has 150 valence electrons. The maximum Gasteiger partial charge on any atom is 0.351 e. The average molecular weight is 401 g/mol. The zero-order valence-electron chi connectivity index (χ0n) is 15.4. The molecule has 8 nitrogen and oxygen atoms in total. The Hall–Kier alpha value is -3.53. The van der Waals surface area contributed by atoms with Crippen LogP contribution in [0.25, 0.3) is 16.9 Å². The topological polar surface area (TPSA) is 97.2 Å². The minimum atomic E-state index is -1.91. The molecule has 0 fully saturated rings. The van der Waals surface area contributed by atoms with Crippen LogP contribution in [0.5, 0.6) is 11.5 Å². The molecule has 0 bridgehead atoms. The van der Waals surface area contributed by atoms with Gasteiger partial charge in [-0.05, 0) is 36.2 Å². The number of nitrogens with zero attached hydrogens (tertiary/aromatic N) is 4. The number of nitrogens with two attached hydrogens (primary N) is 1. The Morgan fingerprint density at radius 3 is 2.72 bits per heavy atom. The van der Waals surface area contributed by atoms with Crippen molar-refractivity contribution in [2.45, 2.75) is 13.5 Å². The number of aryl methyl sites for hydroxylation is 1.